The van der Waals surface area contributed by atoms with Crippen LogP contribution in [0.2, 0.25) is 18.1 Å². The largest absolute Gasteiger partial charge is 0.453 e. The lowest BCUT2D eigenvalue weighted by Crippen LogP contribution is -2.65. The van der Waals surface area contributed by atoms with Crippen molar-refractivity contribution in [3.8, 4) is 0 Å². The van der Waals surface area contributed by atoms with Crippen molar-refractivity contribution in [2.45, 2.75) is 115 Å². The maximum atomic E-state index is 13.2. The van der Waals surface area contributed by atoms with Crippen LogP contribution in [0.1, 0.15) is 58.8 Å². The van der Waals surface area contributed by atoms with Crippen LogP contribution in [0, 0.1) is 0 Å². The standard InChI is InChI=1S/C25H38O7Si/c1-23(2,3)33(8,9)32-21-16(27-22(26)15-13-11-10-12-14-15)17-18(29-24(4,5)28-17)19-20(21)31-25(6,7)30-19/h10-14,16-21H,1-9H3/t16-,17-,18+,19-,20+,21+/m0/s1. The van der Waals surface area contributed by atoms with Gasteiger partial charge in [0.1, 0.15) is 30.5 Å². The Morgan fingerprint density at radius 2 is 1.27 bits per heavy atom. The molecular weight excluding hydrogens is 440 g/mol. The van der Waals surface area contributed by atoms with Crippen LogP contribution in [0.5, 0.6) is 0 Å². The molecule has 0 amide bonds. The third-order valence-electron chi connectivity index (χ3n) is 7.11. The van der Waals surface area contributed by atoms with E-state index >= 15 is 0 Å². The van der Waals surface area contributed by atoms with E-state index < -0.39 is 62.5 Å². The fraction of sp³-hybridized carbons (Fsp3) is 0.720. The summed E-state index contributed by atoms with van der Waals surface area (Å²) in [5, 5.41) is -0.0470. The highest BCUT2D eigenvalue weighted by Crippen LogP contribution is 2.48. The summed E-state index contributed by atoms with van der Waals surface area (Å²) in [7, 11) is -2.27. The van der Waals surface area contributed by atoms with Gasteiger partial charge in [-0.1, -0.05) is 39.0 Å². The summed E-state index contributed by atoms with van der Waals surface area (Å²) >= 11 is 0. The molecule has 184 valence electrons. The Hall–Kier alpha value is -1.29. The van der Waals surface area contributed by atoms with Crippen LogP contribution in [-0.2, 0) is 28.1 Å². The van der Waals surface area contributed by atoms with E-state index in [1.807, 2.05) is 45.9 Å². The van der Waals surface area contributed by atoms with E-state index in [9.17, 15) is 4.79 Å². The molecule has 33 heavy (non-hydrogen) atoms. The van der Waals surface area contributed by atoms with Gasteiger partial charge >= 0.3 is 5.97 Å². The molecule has 8 heteroatoms. The van der Waals surface area contributed by atoms with Crippen LogP contribution in [-0.4, -0.2) is 62.5 Å². The fourth-order valence-electron chi connectivity index (χ4n) is 4.58. The quantitative estimate of drug-likeness (QED) is 0.460. The van der Waals surface area contributed by atoms with Crippen LogP contribution >= 0.6 is 0 Å². The summed E-state index contributed by atoms with van der Waals surface area (Å²) in [5.74, 6) is -2.09. The van der Waals surface area contributed by atoms with E-state index in [0.717, 1.165) is 0 Å². The van der Waals surface area contributed by atoms with Gasteiger partial charge in [-0.15, -0.1) is 0 Å². The molecule has 1 saturated carbocycles. The molecule has 2 saturated heterocycles. The van der Waals surface area contributed by atoms with Crippen molar-refractivity contribution in [3.63, 3.8) is 0 Å². The topological polar surface area (TPSA) is 72.5 Å². The minimum absolute atomic E-state index is 0.0470. The van der Waals surface area contributed by atoms with Crippen LogP contribution in [0.15, 0.2) is 30.3 Å². The zero-order valence-electron chi connectivity index (χ0n) is 21.2. The molecule has 0 aromatic heterocycles. The van der Waals surface area contributed by atoms with Crippen LogP contribution in [0.3, 0.4) is 0 Å². The third-order valence-corrected chi connectivity index (χ3v) is 11.6. The van der Waals surface area contributed by atoms with Crippen molar-refractivity contribution in [1.29, 1.82) is 0 Å². The summed E-state index contributed by atoms with van der Waals surface area (Å²) < 4.78 is 38.3. The Morgan fingerprint density at radius 1 is 0.818 bits per heavy atom. The van der Waals surface area contributed by atoms with Crippen molar-refractivity contribution in [3.05, 3.63) is 35.9 Å². The van der Waals surface area contributed by atoms with E-state index in [-0.39, 0.29) is 5.04 Å². The molecule has 1 aromatic rings. The minimum atomic E-state index is -2.27. The van der Waals surface area contributed by atoms with E-state index in [2.05, 4.69) is 33.9 Å². The first-order chi connectivity index (χ1) is 15.1. The number of ether oxygens (including phenoxy) is 5. The Bertz CT molecular complexity index is 876. The normalized spacial score (nSPS) is 35.1. The smallest absolute Gasteiger partial charge is 0.338 e. The van der Waals surface area contributed by atoms with E-state index in [1.54, 1.807) is 12.1 Å². The maximum absolute atomic E-state index is 13.2. The summed E-state index contributed by atoms with van der Waals surface area (Å²) in [6.07, 6.45) is -3.10. The Morgan fingerprint density at radius 3 is 1.76 bits per heavy atom. The van der Waals surface area contributed by atoms with Crippen LogP contribution in [0.4, 0.5) is 0 Å². The number of carbonyl (C=O) groups excluding carboxylic acids is 1. The van der Waals surface area contributed by atoms with Gasteiger partial charge in [0.25, 0.3) is 0 Å². The van der Waals surface area contributed by atoms with Gasteiger partial charge in [-0.05, 0) is 58.0 Å². The minimum Gasteiger partial charge on any atom is -0.453 e. The first kappa shape index (κ1) is 24.8. The van der Waals surface area contributed by atoms with Crippen molar-refractivity contribution in [2.75, 3.05) is 0 Å². The number of hydrogen-bond acceptors (Lipinski definition) is 7. The summed E-state index contributed by atoms with van der Waals surface area (Å²) in [6.45, 7) is 18.4. The summed E-state index contributed by atoms with van der Waals surface area (Å²) in [6, 6.07) is 8.97. The molecule has 0 bridgehead atoms. The van der Waals surface area contributed by atoms with Crippen molar-refractivity contribution in [1.82, 2.24) is 0 Å². The van der Waals surface area contributed by atoms with Gasteiger partial charge in [0.05, 0.1) is 5.56 Å². The summed E-state index contributed by atoms with van der Waals surface area (Å²) in [4.78, 5) is 13.2. The third kappa shape index (κ3) is 4.79. The second-order valence-electron chi connectivity index (χ2n) is 11.7. The molecular formula is C25H38O7Si. The zero-order chi connectivity index (χ0) is 24.4. The molecule has 2 heterocycles. The highest BCUT2D eigenvalue weighted by Gasteiger charge is 2.66. The number of carbonyl (C=O) groups is 1. The average Bonchev–Trinajstić information content (AvgIpc) is 3.19. The monoisotopic (exact) mass is 478 g/mol. The van der Waals surface area contributed by atoms with Gasteiger partial charge < -0.3 is 28.1 Å². The zero-order valence-corrected chi connectivity index (χ0v) is 22.2. The van der Waals surface area contributed by atoms with E-state index in [4.69, 9.17) is 28.1 Å². The molecule has 7 nitrogen and oxygen atoms in total. The highest BCUT2D eigenvalue weighted by atomic mass is 28.4. The Balaban J connectivity index is 1.74. The molecule has 2 aliphatic heterocycles. The van der Waals surface area contributed by atoms with Crippen molar-refractivity contribution >= 4 is 14.3 Å². The lowest BCUT2D eigenvalue weighted by atomic mass is 9.85. The van der Waals surface area contributed by atoms with Gasteiger partial charge in [-0.25, -0.2) is 4.79 Å². The predicted octanol–water partition coefficient (Wildman–Crippen LogP) is 4.66. The molecule has 0 unspecified atom stereocenters. The second kappa shape index (κ2) is 8.14. The number of rotatable bonds is 4. The Labute approximate surface area is 198 Å². The molecule has 6 atom stereocenters. The lowest BCUT2D eigenvalue weighted by Gasteiger charge is -2.47. The maximum Gasteiger partial charge on any atom is 0.338 e. The lowest BCUT2D eigenvalue weighted by molar-refractivity contribution is -0.183. The van der Waals surface area contributed by atoms with Crippen LogP contribution in [0.25, 0.3) is 0 Å². The predicted molar refractivity (Wildman–Crippen MR) is 125 cm³/mol. The van der Waals surface area contributed by atoms with Crippen LogP contribution < -0.4 is 0 Å². The number of benzene rings is 1. The molecule has 1 aromatic carbocycles. The Kier molecular flexibility index (Phi) is 6.12. The molecule has 3 fully saturated rings. The molecule has 0 radical (unpaired) electrons. The first-order valence-corrected chi connectivity index (χ1v) is 14.7. The number of hydrogen-bond donors (Lipinski definition) is 0. The van der Waals surface area contributed by atoms with Crippen molar-refractivity contribution < 1.29 is 32.9 Å². The second-order valence-corrected chi connectivity index (χ2v) is 16.5. The molecule has 4 rings (SSSR count). The van der Waals surface area contributed by atoms with Crippen molar-refractivity contribution in [2.24, 2.45) is 0 Å². The molecule has 3 aliphatic rings. The van der Waals surface area contributed by atoms with Gasteiger partial charge in [0.2, 0.25) is 0 Å². The number of esters is 1. The molecule has 0 N–H and O–H groups in total. The highest BCUT2D eigenvalue weighted by molar-refractivity contribution is 6.74. The molecule has 0 spiro atoms. The van der Waals surface area contributed by atoms with Gasteiger partial charge in [-0.3, -0.25) is 0 Å². The van der Waals surface area contributed by atoms with Gasteiger partial charge in [-0.2, -0.15) is 0 Å². The summed E-state index contributed by atoms with van der Waals surface area (Å²) in [5.41, 5.74) is 0.476. The number of fused-ring (bicyclic) bond motifs is 3. The fourth-order valence-corrected chi connectivity index (χ4v) is 5.88. The van der Waals surface area contributed by atoms with Gasteiger partial charge in [0, 0.05) is 0 Å². The van der Waals surface area contributed by atoms with E-state index in [0.29, 0.717) is 5.56 Å². The first-order valence-electron chi connectivity index (χ1n) is 11.8. The van der Waals surface area contributed by atoms with E-state index in [1.165, 1.54) is 0 Å². The van der Waals surface area contributed by atoms with Gasteiger partial charge in [0.15, 0.2) is 26.0 Å². The average molecular weight is 479 g/mol. The molecule has 1 aliphatic carbocycles. The SMILES string of the molecule is CC1(C)O[C@H]2[C@@H]3OC(C)(C)O[C@H]3[C@H](OC(=O)c3ccccc3)[C@@H](O[Si](C)(C)C(C)(C)C)[C@@H]2O1.